The topological polar surface area (TPSA) is 95.1 Å². The molecule has 1 aromatic carbocycles. The lowest BCUT2D eigenvalue weighted by atomic mass is 10.1. The number of aromatic nitrogens is 3. The standard InChI is InChI=1S/C20H23N5O2/c1-3-16-17-18(23-13-5-4-6-14(9-13)27-2)15(19(21)26)10-22-20(17)25(24-16)11-12-7-8-12/h4-6,9-10,12H,3,7-8,11H2,1-2H3,(H2,21,26)(H,22,23). The quantitative estimate of drug-likeness (QED) is 0.670. The second-order valence-electron chi connectivity index (χ2n) is 6.89. The lowest BCUT2D eigenvalue weighted by molar-refractivity contribution is 0.100. The van der Waals surface area contributed by atoms with Crippen LogP contribution in [0, 0.1) is 5.92 Å². The fourth-order valence-electron chi connectivity index (χ4n) is 3.29. The second-order valence-corrected chi connectivity index (χ2v) is 6.89. The highest BCUT2D eigenvalue weighted by atomic mass is 16.5. The smallest absolute Gasteiger partial charge is 0.252 e. The average molecular weight is 365 g/mol. The number of amides is 1. The number of nitrogens with zero attached hydrogens (tertiary/aromatic N) is 3. The molecule has 0 unspecified atom stereocenters. The predicted molar refractivity (Wildman–Crippen MR) is 104 cm³/mol. The summed E-state index contributed by atoms with van der Waals surface area (Å²) in [6.07, 6.45) is 4.75. The summed E-state index contributed by atoms with van der Waals surface area (Å²) >= 11 is 0. The molecule has 1 saturated carbocycles. The van der Waals surface area contributed by atoms with Gasteiger partial charge < -0.3 is 15.8 Å². The first-order chi connectivity index (χ1) is 13.1. The van der Waals surface area contributed by atoms with Crippen LogP contribution in [-0.4, -0.2) is 27.8 Å². The minimum Gasteiger partial charge on any atom is -0.497 e. The Balaban J connectivity index is 1.87. The number of primary amides is 1. The molecule has 4 rings (SSSR count). The number of rotatable bonds is 7. The van der Waals surface area contributed by atoms with E-state index in [9.17, 15) is 4.79 Å². The normalized spacial score (nSPS) is 13.7. The molecule has 3 aromatic rings. The monoisotopic (exact) mass is 365 g/mol. The number of carbonyl (C=O) groups is 1. The summed E-state index contributed by atoms with van der Waals surface area (Å²) in [6.45, 7) is 2.91. The summed E-state index contributed by atoms with van der Waals surface area (Å²) < 4.78 is 7.26. The Morgan fingerprint density at radius 2 is 2.22 bits per heavy atom. The lowest BCUT2D eigenvalue weighted by Crippen LogP contribution is -2.14. The van der Waals surface area contributed by atoms with Gasteiger partial charge >= 0.3 is 0 Å². The Morgan fingerprint density at radius 1 is 1.41 bits per heavy atom. The van der Waals surface area contributed by atoms with E-state index < -0.39 is 5.91 Å². The first-order valence-corrected chi connectivity index (χ1v) is 9.20. The van der Waals surface area contributed by atoms with Crippen molar-refractivity contribution < 1.29 is 9.53 Å². The molecule has 7 nitrogen and oxygen atoms in total. The minimum absolute atomic E-state index is 0.353. The molecule has 3 N–H and O–H groups in total. The number of carbonyl (C=O) groups excluding carboxylic acids is 1. The number of fused-ring (bicyclic) bond motifs is 1. The van der Waals surface area contributed by atoms with E-state index >= 15 is 0 Å². The van der Waals surface area contributed by atoms with Crippen molar-refractivity contribution in [1.29, 1.82) is 0 Å². The Labute approximate surface area is 157 Å². The van der Waals surface area contributed by atoms with Crippen molar-refractivity contribution in [2.75, 3.05) is 12.4 Å². The minimum atomic E-state index is -0.521. The molecule has 1 aliphatic carbocycles. The molecule has 140 valence electrons. The van der Waals surface area contributed by atoms with Crippen LogP contribution in [-0.2, 0) is 13.0 Å². The molecule has 0 saturated heterocycles. The third-order valence-electron chi connectivity index (χ3n) is 4.90. The highest BCUT2D eigenvalue weighted by Crippen LogP contribution is 2.35. The highest BCUT2D eigenvalue weighted by molar-refractivity contribution is 6.07. The highest BCUT2D eigenvalue weighted by Gasteiger charge is 2.26. The Kier molecular flexibility index (Phi) is 4.43. The number of nitrogens with one attached hydrogen (secondary N) is 1. The molecule has 0 radical (unpaired) electrons. The SMILES string of the molecule is CCc1nn(CC2CC2)c2ncc(C(N)=O)c(Nc3cccc(OC)c3)c12. The fraction of sp³-hybridized carbons (Fsp3) is 0.350. The molecule has 2 heterocycles. The van der Waals surface area contributed by atoms with Crippen molar-refractivity contribution in [3.05, 3.63) is 41.7 Å². The maximum absolute atomic E-state index is 12.1. The number of pyridine rings is 1. The average Bonchev–Trinajstić information content (AvgIpc) is 3.42. The molecule has 2 aromatic heterocycles. The number of methoxy groups -OCH3 is 1. The van der Waals surface area contributed by atoms with Gasteiger partial charge in [-0.15, -0.1) is 0 Å². The van der Waals surface area contributed by atoms with Crippen LogP contribution in [0.15, 0.2) is 30.5 Å². The second kappa shape index (κ2) is 6.90. The zero-order valence-electron chi connectivity index (χ0n) is 15.5. The lowest BCUT2D eigenvalue weighted by Gasteiger charge is -2.13. The summed E-state index contributed by atoms with van der Waals surface area (Å²) in [6, 6.07) is 7.55. The summed E-state index contributed by atoms with van der Waals surface area (Å²) in [5.41, 5.74) is 9.14. The fourth-order valence-corrected chi connectivity index (χ4v) is 3.29. The van der Waals surface area contributed by atoms with Crippen LogP contribution in [0.2, 0.25) is 0 Å². The van der Waals surface area contributed by atoms with Crippen LogP contribution in [0.3, 0.4) is 0 Å². The van der Waals surface area contributed by atoms with E-state index in [0.717, 1.165) is 41.1 Å². The third-order valence-corrected chi connectivity index (χ3v) is 4.90. The van der Waals surface area contributed by atoms with Gasteiger partial charge in [0.05, 0.1) is 29.4 Å². The van der Waals surface area contributed by atoms with Gasteiger partial charge in [0.15, 0.2) is 5.65 Å². The zero-order valence-corrected chi connectivity index (χ0v) is 15.5. The van der Waals surface area contributed by atoms with Gasteiger partial charge in [-0.2, -0.15) is 5.10 Å². The van der Waals surface area contributed by atoms with Crippen LogP contribution < -0.4 is 15.8 Å². The molecule has 1 amide bonds. The third kappa shape index (κ3) is 3.32. The first-order valence-electron chi connectivity index (χ1n) is 9.20. The van der Waals surface area contributed by atoms with Gasteiger partial charge in [0.1, 0.15) is 5.75 Å². The van der Waals surface area contributed by atoms with Crippen molar-refractivity contribution in [3.8, 4) is 5.75 Å². The zero-order chi connectivity index (χ0) is 19.0. The number of aryl methyl sites for hydroxylation is 1. The van der Waals surface area contributed by atoms with Gasteiger partial charge in [0.25, 0.3) is 5.91 Å². The van der Waals surface area contributed by atoms with Gasteiger partial charge in [0, 0.05) is 24.5 Å². The van der Waals surface area contributed by atoms with Gasteiger partial charge in [-0.05, 0) is 37.3 Å². The maximum atomic E-state index is 12.1. The number of benzene rings is 1. The number of hydrogen-bond acceptors (Lipinski definition) is 5. The van der Waals surface area contributed by atoms with Crippen molar-refractivity contribution in [2.45, 2.75) is 32.7 Å². The van der Waals surface area contributed by atoms with E-state index in [1.165, 1.54) is 19.0 Å². The van der Waals surface area contributed by atoms with Crippen molar-refractivity contribution in [3.63, 3.8) is 0 Å². The number of nitrogens with two attached hydrogens (primary N) is 1. The summed E-state index contributed by atoms with van der Waals surface area (Å²) in [5.74, 6) is 0.878. The van der Waals surface area contributed by atoms with Gasteiger partial charge in [-0.1, -0.05) is 13.0 Å². The van der Waals surface area contributed by atoms with Crippen LogP contribution in [0.25, 0.3) is 11.0 Å². The van der Waals surface area contributed by atoms with Crippen molar-refractivity contribution >= 4 is 28.3 Å². The molecule has 0 bridgehead atoms. The van der Waals surface area contributed by atoms with E-state index in [2.05, 4.69) is 17.2 Å². The largest absolute Gasteiger partial charge is 0.497 e. The number of ether oxygens (including phenoxy) is 1. The molecular weight excluding hydrogens is 342 g/mol. The van der Waals surface area contributed by atoms with Crippen LogP contribution >= 0.6 is 0 Å². The van der Waals surface area contributed by atoms with E-state index in [-0.39, 0.29) is 0 Å². The van der Waals surface area contributed by atoms with Crippen molar-refractivity contribution in [2.24, 2.45) is 11.7 Å². The molecule has 1 fully saturated rings. The summed E-state index contributed by atoms with van der Waals surface area (Å²) in [4.78, 5) is 16.6. The van der Waals surface area contributed by atoms with Gasteiger partial charge in [-0.3, -0.25) is 4.79 Å². The predicted octanol–water partition coefficient (Wildman–Crippen LogP) is 3.25. The van der Waals surface area contributed by atoms with Crippen LogP contribution in [0.4, 0.5) is 11.4 Å². The Hall–Kier alpha value is -3.09. The molecule has 7 heteroatoms. The Bertz CT molecular complexity index is 1010. The van der Waals surface area contributed by atoms with E-state index in [1.54, 1.807) is 7.11 Å². The van der Waals surface area contributed by atoms with E-state index in [1.807, 2.05) is 28.9 Å². The summed E-state index contributed by atoms with van der Waals surface area (Å²) in [5, 5.41) is 8.97. The molecule has 0 spiro atoms. The van der Waals surface area contributed by atoms with Gasteiger partial charge in [0.2, 0.25) is 0 Å². The number of hydrogen-bond donors (Lipinski definition) is 2. The summed E-state index contributed by atoms with van der Waals surface area (Å²) in [7, 11) is 1.62. The molecule has 0 aliphatic heterocycles. The molecule has 1 aliphatic rings. The van der Waals surface area contributed by atoms with Crippen molar-refractivity contribution in [1.82, 2.24) is 14.8 Å². The van der Waals surface area contributed by atoms with Gasteiger partial charge in [-0.25, -0.2) is 9.67 Å². The maximum Gasteiger partial charge on any atom is 0.252 e. The van der Waals surface area contributed by atoms with Crippen LogP contribution in [0.1, 0.15) is 35.8 Å². The molecule has 0 atom stereocenters. The van der Waals surface area contributed by atoms with Crippen LogP contribution in [0.5, 0.6) is 5.75 Å². The Morgan fingerprint density at radius 3 is 2.89 bits per heavy atom. The number of anilines is 2. The molecular formula is C20H23N5O2. The van der Waals surface area contributed by atoms with E-state index in [0.29, 0.717) is 17.2 Å². The molecule has 27 heavy (non-hydrogen) atoms. The van der Waals surface area contributed by atoms with E-state index in [4.69, 9.17) is 15.6 Å². The first kappa shape index (κ1) is 17.3.